The number of rotatable bonds is 5. The summed E-state index contributed by atoms with van der Waals surface area (Å²) < 4.78 is 46.5. The average molecular weight is 456 g/mol. The zero-order valence-electron chi connectivity index (χ0n) is 18.0. The Bertz CT molecular complexity index is 1110. The zero-order chi connectivity index (χ0) is 23.4. The Morgan fingerprint density at radius 1 is 0.970 bits per heavy atom. The largest absolute Gasteiger partial charge is 0.573 e. The van der Waals surface area contributed by atoms with Gasteiger partial charge >= 0.3 is 6.36 Å². The Morgan fingerprint density at radius 2 is 1.64 bits per heavy atom. The number of amides is 1. The molecule has 0 aliphatic carbocycles. The van der Waals surface area contributed by atoms with Crippen LogP contribution >= 0.6 is 0 Å². The lowest BCUT2D eigenvalue weighted by Gasteiger charge is -2.28. The van der Waals surface area contributed by atoms with Gasteiger partial charge in [-0.1, -0.05) is 24.3 Å². The van der Waals surface area contributed by atoms with Gasteiger partial charge in [0.2, 0.25) is 0 Å². The molecular formula is C25H23F3N2O3. The van der Waals surface area contributed by atoms with Gasteiger partial charge in [-0.15, -0.1) is 13.2 Å². The van der Waals surface area contributed by atoms with Crippen LogP contribution in [0.25, 0.3) is 11.1 Å². The molecule has 1 heterocycles. The summed E-state index contributed by atoms with van der Waals surface area (Å²) in [4.78, 5) is 15.2. The van der Waals surface area contributed by atoms with Crippen molar-refractivity contribution in [3.8, 4) is 16.9 Å². The van der Waals surface area contributed by atoms with Crippen molar-refractivity contribution in [3.63, 3.8) is 0 Å². The van der Waals surface area contributed by atoms with E-state index >= 15 is 0 Å². The summed E-state index contributed by atoms with van der Waals surface area (Å²) in [7, 11) is 0. The number of anilines is 2. The van der Waals surface area contributed by atoms with Crippen molar-refractivity contribution in [1.82, 2.24) is 0 Å². The third kappa shape index (κ3) is 5.64. The van der Waals surface area contributed by atoms with Crippen molar-refractivity contribution < 1.29 is 27.4 Å². The lowest BCUT2D eigenvalue weighted by Crippen LogP contribution is -2.36. The number of nitrogens with one attached hydrogen (secondary N) is 1. The molecule has 1 aliphatic heterocycles. The van der Waals surface area contributed by atoms with Crippen molar-refractivity contribution >= 4 is 17.3 Å². The Kier molecular flexibility index (Phi) is 6.55. The molecule has 5 nitrogen and oxygen atoms in total. The van der Waals surface area contributed by atoms with Gasteiger partial charge in [0.1, 0.15) is 5.75 Å². The van der Waals surface area contributed by atoms with Crippen molar-refractivity contribution in [1.29, 1.82) is 0 Å². The molecule has 4 rings (SSSR count). The number of hydrogen-bond donors (Lipinski definition) is 1. The SMILES string of the molecule is Cc1c(C(=O)Nc2ccc(N3CCOCC3)cc2)cccc1-c1ccc(OC(F)(F)F)cc1. The van der Waals surface area contributed by atoms with Crippen LogP contribution in [0.4, 0.5) is 24.5 Å². The summed E-state index contributed by atoms with van der Waals surface area (Å²) in [6.07, 6.45) is -4.74. The summed E-state index contributed by atoms with van der Waals surface area (Å²) >= 11 is 0. The number of carbonyl (C=O) groups is 1. The first-order valence-corrected chi connectivity index (χ1v) is 10.5. The minimum Gasteiger partial charge on any atom is -0.406 e. The van der Waals surface area contributed by atoms with Gasteiger partial charge in [0.05, 0.1) is 13.2 Å². The van der Waals surface area contributed by atoms with Gasteiger partial charge in [0.25, 0.3) is 5.91 Å². The molecule has 1 fully saturated rings. The standard InChI is InChI=1S/C25H23F3N2O3/c1-17-22(18-5-11-21(12-6-18)33-25(26,27)28)3-2-4-23(17)24(31)29-19-7-9-20(10-8-19)30-13-15-32-16-14-30/h2-12H,13-16H2,1H3,(H,29,31). The van der Waals surface area contributed by atoms with E-state index in [1.54, 1.807) is 12.1 Å². The predicted molar refractivity (Wildman–Crippen MR) is 121 cm³/mol. The zero-order valence-corrected chi connectivity index (χ0v) is 18.0. The van der Waals surface area contributed by atoms with E-state index in [1.807, 2.05) is 37.3 Å². The fraction of sp³-hybridized carbons (Fsp3) is 0.240. The maximum Gasteiger partial charge on any atom is 0.573 e. The number of carbonyl (C=O) groups excluding carboxylic acids is 1. The minimum absolute atomic E-state index is 0.259. The van der Waals surface area contributed by atoms with Crippen LogP contribution in [0.1, 0.15) is 15.9 Å². The van der Waals surface area contributed by atoms with Gasteiger partial charge in [-0.05, 0) is 66.1 Å². The van der Waals surface area contributed by atoms with Gasteiger partial charge < -0.3 is 19.7 Å². The number of ether oxygens (including phenoxy) is 2. The molecule has 8 heteroatoms. The van der Waals surface area contributed by atoms with E-state index in [2.05, 4.69) is 15.0 Å². The van der Waals surface area contributed by atoms with Gasteiger partial charge in [-0.2, -0.15) is 0 Å². The minimum atomic E-state index is -4.74. The van der Waals surface area contributed by atoms with E-state index in [4.69, 9.17) is 4.74 Å². The lowest BCUT2D eigenvalue weighted by atomic mass is 9.96. The molecule has 0 aromatic heterocycles. The van der Waals surface area contributed by atoms with Crippen LogP contribution in [0, 0.1) is 6.92 Å². The molecule has 1 saturated heterocycles. The van der Waals surface area contributed by atoms with Crippen LogP contribution in [0.3, 0.4) is 0 Å². The molecule has 3 aromatic carbocycles. The summed E-state index contributed by atoms with van der Waals surface area (Å²) in [5.74, 6) is -0.552. The highest BCUT2D eigenvalue weighted by Gasteiger charge is 2.31. The molecule has 0 bridgehead atoms. The van der Waals surface area contributed by atoms with Gasteiger partial charge in [-0.3, -0.25) is 4.79 Å². The average Bonchev–Trinajstić information content (AvgIpc) is 2.80. The first-order valence-electron chi connectivity index (χ1n) is 10.5. The number of nitrogens with zero attached hydrogens (tertiary/aromatic N) is 1. The molecule has 1 N–H and O–H groups in total. The van der Waals surface area contributed by atoms with Crippen molar-refractivity contribution in [2.24, 2.45) is 0 Å². The highest BCUT2D eigenvalue weighted by molar-refractivity contribution is 6.06. The van der Waals surface area contributed by atoms with Gasteiger partial charge in [0, 0.05) is 30.0 Å². The smallest absolute Gasteiger partial charge is 0.406 e. The summed E-state index contributed by atoms with van der Waals surface area (Å²) in [6, 6.07) is 18.5. The fourth-order valence-corrected chi connectivity index (χ4v) is 3.81. The maximum absolute atomic E-state index is 12.9. The molecule has 3 aromatic rings. The van der Waals surface area contributed by atoms with E-state index in [0.717, 1.165) is 29.9 Å². The number of halogens is 3. The van der Waals surface area contributed by atoms with Gasteiger partial charge in [0.15, 0.2) is 0 Å². The number of hydrogen-bond acceptors (Lipinski definition) is 4. The molecular weight excluding hydrogens is 433 g/mol. The Hall–Kier alpha value is -3.52. The van der Waals surface area contributed by atoms with Crippen LogP contribution in [-0.2, 0) is 4.74 Å². The maximum atomic E-state index is 12.9. The predicted octanol–water partition coefficient (Wildman–Crippen LogP) is 5.65. The molecule has 1 aliphatic rings. The quantitative estimate of drug-likeness (QED) is 0.539. The Labute approximate surface area is 189 Å². The lowest BCUT2D eigenvalue weighted by molar-refractivity contribution is -0.274. The van der Waals surface area contributed by atoms with E-state index in [1.165, 1.54) is 24.3 Å². The van der Waals surface area contributed by atoms with Crippen LogP contribution in [0.5, 0.6) is 5.75 Å². The fourth-order valence-electron chi connectivity index (χ4n) is 3.81. The molecule has 1 amide bonds. The highest BCUT2D eigenvalue weighted by Crippen LogP contribution is 2.30. The van der Waals surface area contributed by atoms with E-state index in [9.17, 15) is 18.0 Å². The Morgan fingerprint density at radius 3 is 2.27 bits per heavy atom. The first kappa shape index (κ1) is 22.7. The van der Waals surface area contributed by atoms with Crippen LogP contribution < -0.4 is 15.0 Å². The molecule has 0 radical (unpaired) electrons. The second kappa shape index (κ2) is 9.54. The van der Waals surface area contributed by atoms with E-state index in [0.29, 0.717) is 30.0 Å². The Balaban J connectivity index is 1.48. The van der Waals surface area contributed by atoms with E-state index in [-0.39, 0.29) is 11.7 Å². The number of alkyl halides is 3. The monoisotopic (exact) mass is 456 g/mol. The summed E-state index contributed by atoms with van der Waals surface area (Å²) in [5.41, 5.74) is 4.41. The third-order valence-corrected chi connectivity index (χ3v) is 5.48. The number of morpholine rings is 1. The second-order valence-electron chi connectivity index (χ2n) is 7.65. The molecule has 172 valence electrons. The van der Waals surface area contributed by atoms with Crippen LogP contribution in [0.15, 0.2) is 66.7 Å². The van der Waals surface area contributed by atoms with Crippen LogP contribution in [0.2, 0.25) is 0 Å². The van der Waals surface area contributed by atoms with Gasteiger partial charge in [-0.25, -0.2) is 0 Å². The van der Waals surface area contributed by atoms with Crippen molar-refractivity contribution in [2.45, 2.75) is 13.3 Å². The second-order valence-corrected chi connectivity index (χ2v) is 7.65. The molecule has 0 unspecified atom stereocenters. The van der Waals surface area contributed by atoms with Crippen molar-refractivity contribution in [3.05, 3.63) is 77.9 Å². The molecule has 33 heavy (non-hydrogen) atoms. The van der Waals surface area contributed by atoms with E-state index < -0.39 is 6.36 Å². The summed E-state index contributed by atoms with van der Waals surface area (Å²) in [6.45, 7) is 4.88. The topological polar surface area (TPSA) is 50.8 Å². The highest BCUT2D eigenvalue weighted by atomic mass is 19.4. The molecule has 0 atom stereocenters. The normalized spacial score (nSPS) is 14.1. The van der Waals surface area contributed by atoms with Crippen LogP contribution in [-0.4, -0.2) is 38.6 Å². The number of benzene rings is 3. The third-order valence-electron chi connectivity index (χ3n) is 5.48. The van der Waals surface area contributed by atoms with Crippen molar-refractivity contribution in [2.75, 3.05) is 36.5 Å². The summed E-state index contributed by atoms with van der Waals surface area (Å²) in [5, 5.41) is 2.92. The first-order chi connectivity index (χ1) is 15.8. The molecule has 0 saturated carbocycles. The molecule has 0 spiro atoms.